The molecule has 0 aliphatic heterocycles. The molecule has 0 spiro atoms. The van der Waals surface area contributed by atoms with Gasteiger partial charge in [-0.3, -0.25) is 0 Å². The molecule has 1 unspecified atom stereocenters. The predicted octanol–water partition coefficient (Wildman–Crippen LogP) is 1.06. The smallest absolute Gasteiger partial charge is 0.244 e. The fourth-order valence-corrected chi connectivity index (χ4v) is 1.18. The maximum atomic E-state index is 12.1. The number of halogens is 2. The number of rotatable bonds is 2. The maximum Gasteiger partial charge on any atom is 0.309 e. The van der Waals surface area contributed by atoms with Crippen molar-refractivity contribution in [2.24, 2.45) is 0 Å². The normalized spacial score (nSPS) is 13.4. The highest BCUT2D eigenvalue weighted by molar-refractivity contribution is 7.78. The van der Waals surface area contributed by atoms with Crippen LogP contribution in [0.2, 0.25) is 0 Å². The Morgan fingerprint density at radius 3 is 2.73 bits per heavy atom. The van der Waals surface area contributed by atoms with E-state index >= 15 is 0 Å². The van der Waals surface area contributed by atoms with Gasteiger partial charge < -0.3 is 0 Å². The molecule has 1 rings (SSSR count). The number of alkyl halides is 1. The highest BCUT2D eigenvalue weighted by Gasteiger charge is 2.07. The van der Waals surface area contributed by atoms with Gasteiger partial charge >= 0.3 is 11.4 Å². The molecule has 0 aliphatic carbocycles. The van der Waals surface area contributed by atoms with Crippen LogP contribution in [-0.2, 0) is 18.0 Å². The first kappa shape index (κ1) is 8.32. The number of nitrogens with zero attached hydrogens (tertiary/aromatic N) is 2. The Morgan fingerprint density at radius 1 is 1.82 bits per heavy atom. The summed E-state index contributed by atoms with van der Waals surface area (Å²) in [5.41, 5.74) is 0.0912. The minimum Gasteiger partial charge on any atom is -0.244 e. The van der Waals surface area contributed by atoms with Crippen molar-refractivity contribution < 1.29 is 12.5 Å². The van der Waals surface area contributed by atoms with E-state index in [9.17, 15) is 12.5 Å². The first-order valence-corrected chi connectivity index (χ1v) is 3.85. The summed E-state index contributed by atoms with van der Waals surface area (Å²) in [5.74, 6) is 0.207. The van der Waals surface area contributed by atoms with E-state index in [1.165, 1.54) is 6.92 Å². The van der Waals surface area contributed by atoms with E-state index < -0.39 is 18.0 Å². The van der Waals surface area contributed by atoms with Gasteiger partial charge in [0.2, 0.25) is 0 Å². The summed E-state index contributed by atoms with van der Waals surface area (Å²) in [6, 6.07) is 0. The molecule has 0 saturated carbocycles. The van der Waals surface area contributed by atoms with Gasteiger partial charge in [0.1, 0.15) is 12.5 Å². The topological polar surface area (TPSA) is 34.9 Å². The molecule has 11 heavy (non-hydrogen) atoms. The molecular weight excluding hydrogens is 174 g/mol. The third-order valence-electron chi connectivity index (χ3n) is 1.18. The molecule has 3 nitrogen and oxygen atoms in total. The summed E-state index contributed by atoms with van der Waals surface area (Å²) in [4.78, 5) is 3.61. The van der Waals surface area contributed by atoms with Crippen LogP contribution >= 0.6 is 0 Å². The van der Waals surface area contributed by atoms with Crippen LogP contribution in [0.3, 0.4) is 0 Å². The van der Waals surface area contributed by atoms with Gasteiger partial charge in [0.15, 0.2) is 0 Å². The molecule has 6 heteroatoms. The average molecular weight is 180 g/mol. The van der Waals surface area contributed by atoms with Gasteiger partial charge in [0, 0.05) is 6.20 Å². The highest BCUT2D eigenvalue weighted by atomic mass is 32.2. The van der Waals surface area contributed by atoms with E-state index in [0.717, 1.165) is 10.2 Å². The third kappa shape index (κ3) is 1.62. The lowest BCUT2D eigenvalue weighted by Gasteiger charge is -1.91. The molecule has 0 radical (unpaired) electrons. The second kappa shape index (κ2) is 3.08. The lowest BCUT2D eigenvalue weighted by atomic mass is 10.5. The van der Waals surface area contributed by atoms with Crippen molar-refractivity contribution >= 4 is 11.4 Å². The monoisotopic (exact) mass is 180 g/mol. The summed E-state index contributed by atoms with van der Waals surface area (Å²) >= 11 is -2.63. The van der Waals surface area contributed by atoms with Gasteiger partial charge in [0.05, 0.1) is 5.69 Å². The summed E-state index contributed by atoms with van der Waals surface area (Å²) in [7, 11) is 0. The molecule has 0 fully saturated rings. The zero-order valence-corrected chi connectivity index (χ0v) is 6.57. The van der Waals surface area contributed by atoms with Crippen LogP contribution in [0.25, 0.3) is 0 Å². The lowest BCUT2D eigenvalue weighted by molar-refractivity contribution is 0.477. The maximum absolute atomic E-state index is 12.1. The van der Waals surface area contributed by atoms with Crippen LogP contribution in [0.5, 0.6) is 0 Å². The molecule has 62 valence electrons. The van der Waals surface area contributed by atoms with Crippen molar-refractivity contribution in [3.05, 3.63) is 17.7 Å². The molecule has 0 aromatic carbocycles. The minimum atomic E-state index is -2.63. The number of hydrogen-bond donors (Lipinski definition) is 0. The molecular formula is C5H6F2N2OS. The van der Waals surface area contributed by atoms with Crippen LogP contribution in [0.4, 0.5) is 8.28 Å². The Labute approximate surface area is 64.9 Å². The molecule has 0 aliphatic rings. The Bertz CT molecular complexity index is 286. The molecule has 0 N–H and O–H groups in total. The van der Waals surface area contributed by atoms with Gasteiger partial charge in [-0.1, -0.05) is 0 Å². The van der Waals surface area contributed by atoms with Gasteiger partial charge in [-0.15, -0.1) is 3.89 Å². The Morgan fingerprint density at radius 2 is 2.45 bits per heavy atom. The van der Waals surface area contributed by atoms with Gasteiger partial charge in [-0.05, 0) is 6.92 Å². The summed E-state index contributed by atoms with van der Waals surface area (Å²) in [5, 5.41) is 0. The van der Waals surface area contributed by atoms with Crippen molar-refractivity contribution in [1.82, 2.24) is 8.96 Å². The fourth-order valence-electron chi connectivity index (χ4n) is 0.724. The second-order valence-corrected chi connectivity index (χ2v) is 2.75. The Hall–Kier alpha value is -0.780. The predicted molar refractivity (Wildman–Crippen MR) is 36.4 cm³/mol. The van der Waals surface area contributed by atoms with E-state index in [0.29, 0.717) is 0 Å². The van der Waals surface area contributed by atoms with Gasteiger partial charge in [0.25, 0.3) is 0 Å². The van der Waals surface area contributed by atoms with Crippen LogP contribution in [0, 0.1) is 6.92 Å². The first-order valence-electron chi connectivity index (χ1n) is 2.84. The fraction of sp³-hybridized carbons (Fsp3) is 0.400. The van der Waals surface area contributed by atoms with E-state index in [1.54, 1.807) is 0 Å². The van der Waals surface area contributed by atoms with E-state index in [-0.39, 0.29) is 11.5 Å². The van der Waals surface area contributed by atoms with E-state index in [1.807, 2.05) is 0 Å². The molecule has 1 aromatic rings. The van der Waals surface area contributed by atoms with Crippen molar-refractivity contribution in [3.8, 4) is 0 Å². The number of imidazole rings is 1. The first-order chi connectivity index (χ1) is 5.15. The third-order valence-corrected chi connectivity index (χ3v) is 1.86. The molecule has 0 amide bonds. The van der Waals surface area contributed by atoms with Crippen LogP contribution in [0.15, 0.2) is 6.20 Å². The molecule has 0 saturated heterocycles. The van der Waals surface area contributed by atoms with E-state index in [2.05, 4.69) is 4.98 Å². The Balaban J connectivity index is 3.07. The van der Waals surface area contributed by atoms with Crippen LogP contribution in [-0.4, -0.2) is 13.2 Å². The van der Waals surface area contributed by atoms with Crippen LogP contribution < -0.4 is 0 Å². The molecule has 1 heterocycles. The minimum absolute atomic E-state index is 0.0912. The Kier molecular flexibility index (Phi) is 2.33. The zero-order valence-electron chi connectivity index (χ0n) is 5.75. The number of aryl methyl sites for hydroxylation is 1. The van der Waals surface area contributed by atoms with Crippen molar-refractivity contribution in [3.63, 3.8) is 0 Å². The van der Waals surface area contributed by atoms with Gasteiger partial charge in [-0.25, -0.2) is 13.3 Å². The summed E-state index contributed by atoms with van der Waals surface area (Å²) in [6.07, 6.45) is 1.09. The van der Waals surface area contributed by atoms with Crippen molar-refractivity contribution in [1.29, 1.82) is 0 Å². The number of hydrogen-bond acceptors (Lipinski definition) is 2. The summed E-state index contributed by atoms with van der Waals surface area (Å²) < 4.78 is 35.0. The summed E-state index contributed by atoms with van der Waals surface area (Å²) in [6.45, 7) is 0.682. The van der Waals surface area contributed by atoms with Gasteiger partial charge in [-0.2, -0.15) is 4.21 Å². The number of aromatic nitrogens is 2. The zero-order chi connectivity index (χ0) is 8.43. The lowest BCUT2D eigenvalue weighted by Crippen LogP contribution is -1.98. The van der Waals surface area contributed by atoms with Crippen molar-refractivity contribution in [2.75, 3.05) is 0 Å². The van der Waals surface area contributed by atoms with E-state index in [4.69, 9.17) is 0 Å². The largest absolute Gasteiger partial charge is 0.309 e. The average Bonchev–Trinajstić information content (AvgIpc) is 2.30. The van der Waals surface area contributed by atoms with Crippen molar-refractivity contribution in [2.45, 2.75) is 13.6 Å². The molecule has 0 bridgehead atoms. The second-order valence-electron chi connectivity index (χ2n) is 1.95. The molecule has 1 aromatic heterocycles. The quantitative estimate of drug-likeness (QED) is 0.638. The standard InChI is InChI=1S/C5H6F2N2OS/c1-4-8-5(2-6)3-9(4)11(7)10/h3H,2H2,1H3. The SMILES string of the molecule is Cc1nc(CF)cn1S(=O)F. The molecule has 1 atom stereocenters. The highest BCUT2D eigenvalue weighted by Crippen LogP contribution is 2.05. The van der Waals surface area contributed by atoms with Crippen LogP contribution in [0.1, 0.15) is 11.5 Å².